The van der Waals surface area contributed by atoms with E-state index in [2.05, 4.69) is 35.2 Å². The first-order valence-corrected chi connectivity index (χ1v) is 7.51. The van der Waals surface area contributed by atoms with E-state index in [1.165, 1.54) is 11.3 Å². The van der Waals surface area contributed by atoms with Crippen LogP contribution in [0.2, 0.25) is 5.02 Å². The highest BCUT2D eigenvalue weighted by Gasteiger charge is 2.19. The van der Waals surface area contributed by atoms with Crippen LogP contribution in [-0.2, 0) is 6.54 Å². The van der Waals surface area contributed by atoms with Crippen LogP contribution in [0.25, 0.3) is 0 Å². The number of halogens is 1. The van der Waals surface area contributed by atoms with Gasteiger partial charge in [-0.3, -0.25) is 0 Å². The lowest BCUT2D eigenvalue weighted by molar-refractivity contribution is 0.312. The molecule has 1 N–H and O–H groups in total. The molecule has 1 saturated heterocycles. The number of likely N-dealkylation sites (N-methyl/N-ethyl adjacent to an activating group) is 1. The van der Waals surface area contributed by atoms with Crippen molar-refractivity contribution in [2.24, 2.45) is 0 Å². The number of hydrogen-bond acceptors (Lipinski definition) is 3. The number of rotatable bonds is 5. The number of anilines is 1. The molecule has 1 fully saturated rings. The highest BCUT2D eigenvalue weighted by Crippen LogP contribution is 2.30. The molecule has 3 nitrogen and oxygen atoms in total. The van der Waals surface area contributed by atoms with Gasteiger partial charge < -0.3 is 15.1 Å². The second-order valence-corrected chi connectivity index (χ2v) is 5.62. The Bertz CT molecular complexity index is 400. The molecular weight excluding hydrogens is 258 g/mol. The second kappa shape index (κ2) is 7.13. The van der Waals surface area contributed by atoms with E-state index in [-0.39, 0.29) is 0 Å². The van der Waals surface area contributed by atoms with Crippen molar-refractivity contribution in [3.63, 3.8) is 0 Å². The van der Waals surface area contributed by atoms with Crippen LogP contribution in [0.15, 0.2) is 18.2 Å². The molecule has 0 aliphatic carbocycles. The highest BCUT2D eigenvalue weighted by molar-refractivity contribution is 6.33. The van der Waals surface area contributed by atoms with E-state index in [1.807, 2.05) is 12.1 Å². The lowest BCUT2D eigenvalue weighted by atomic mass is 10.1. The van der Waals surface area contributed by atoms with Crippen molar-refractivity contribution in [3.05, 3.63) is 28.8 Å². The van der Waals surface area contributed by atoms with Crippen molar-refractivity contribution < 1.29 is 0 Å². The van der Waals surface area contributed by atoms with Crippen LogP contribution in [0.3, 0.4) is 0 Å². The van der Waals surface area contributed by atoms with Gasteiger partial charge in [0.05, 0.1) is 10.7 Å². The van der Waals surface area contributed by atoms with E-state index < -0.39 is 0 Å². The van der Waals surface area contributed by atoms with Gasteiger partial charge >= 0.3 is 0 Å². The maximum Gasteiger partial charge on any atom is 0.0642 e. The number of nitrogens with zero attached hydrogens (tertiary/aromatic N) is 2. The average Bonchev–Trinajstić information content (AvgIpc) is 2.41. The molecule has 0 unspecified atom stereocenters. The monoisotopic (exact) mass is 281 g/mol. The van der Waals surface area contributed by atoms with E-state index in [1.54, 1.807) is 0 Å². The molecule has 2 rings (SSSR count). The van der Waals surface area contributed by atoms with Crippen LogP contribution >= 0.6 is 11.6 Å². The van der Waals surface area contributed by atoms with Gasteiger partial charge in [-0.15, -0.1) is 0 Å². The molecule has 0 spiro atoms. The van der Waals surface area contributed by atoms with E-state index in [0.29, 0.717) is 0 Å². The maximum atomic E-state index is 6.43. The molecule has 1 aromatic rings. The summed E-state index contributed by atoms with van der Waals surface area (Å²) in [5.74, 6) is 0. The average molecular weight is 282 g/mol. The highest BCUT2D eigenvalue weighted by atomic mass is 35.5. The third-order valence-corrected chi connectivity index (χ3v) is 3.94. The third-order valence-electron chi connectivity index (χ3n) is 3.63. The zero-order chi connectivity index (χ0) is 13.7. The molecule has 0 radical (unpaired) electrons. The minimum absolute atomic E-state index is 0.875. The largest absolute Gasteiger partial charge is 0.368 e. The normalized spacial score (nSPS) is 16.9. The molecule has 0 atom stereocenters. The Morgan fingerprint density at radius 2 is 1.95 bits per heavy atom. The van der Waals surface area contributed by atoms with E-state index in [9.17, 15) is 0 Å². The SMILES string of the molecule is CCCNCc1cccc(Cl)c1N1CCN(C)CC1. The van der Waals surface area contributed by atoms with Crippen molar-refractivity contribution in [1.82, 2.24) is 10.2 Å². The fraction of sp³-hybridized carbons (Fsp3) is 0.600. The van der Waals surface area contributed by atoms with Crippen LogP contribution in [0, 0.1) is 0 Å². The summed E-state index contributed by atoms with van der Waals surface area (Å²) in [6.07, 6.45) is 1.16. The van der Waals surface area contributed by atoms with Gasteiger partial charge in [0.25, 0.3) is 0 Å². The summed E-state index contributed by atoms with van der Waals surface area (Å²) in [7, 11) is 2.17. The number of para-hydroxylation sites is 1. The lowest BCUT2D eigenvalue weighted by Crippen LogP contribution is -2.45. The maximum absolute atomic E-state index is 6.43. The zero-order valence-electron chi connectivity index (χ0n) is 12.0. The van der Waals surface area contributed by atoms with E-state index >= 15 is 0 Å². The Morgan fingerprint density at radius 1 is 1.21 bits per heavy atom. The molecule has 1 aliphatic rings. The van der Waals surface area contributed by atoms with Gasteiger partial charge in [0.2, 0.25) is 0 Å². The number of nitrogens with one attached hydrogen (secondary N) is 1. The Morgan fingerprint density at radius 3 is 2.63 bits per heavy atom. The van der Waals surface area contributed by atoms with Crippen LogP contribution in [0.4, 0.5) is 5.69 Å². The van der Waals surface area contributed by atoms with Crippen LogP contribution in [0.1, 0.15) is 18.9 Å². The number of hydrogen-bond donors (Lipinski definition) is 1. The summed E-state index contributed by atoms with van der Waals surface area (Å²) in [4.78, 5) is 4.79. The first-order chi connectivity index (χ1) is 9.22. The van der Waals surface area contributed by atoms with Gasteiger partial charge in [-0.25, -0.2) is 0 Å². The summed E-state index contributed by atoms with van der Waals surface area (Å²) in [6.45, 7) is 8.46. The molecular formula is C15H24ClN3. The quantitative estimate of drug-likeness (QED) is 0.837. The molecule has 1 aliphatic heterocycles. The molecule has 0 aromatic heterocycles. The Hall–Kier alpha value is -0.770. The van der Waals surface area contributed by atoms with Gasteiger partial charge in [0.15, 0.2) is 0 Å². The minimum atomic E-state index is 0.875. The van der Waals surface area contributed by atoms with Gasteiger partial charge in [-0.05, 0) is 31.6 Å². The van der Waals surface area contributed by atoms with Crippen LogP contribution in [-0.4, -0.2) is 44.7 Å². The van der Waals surface area contributed by atoms with E-state index in [0.717, 1.165) is 50.7 Å². The van der Waals surface area contributed by atoms with Crippen molar-refractivity contribution in [2.75, 3.05) is 44.7 Å². The number of piperazine rings is 1. The molecule has 0 amide bonds. The molecule has 0 bridgehead atoms. The predicted molar refractivity (Wildman–Crippen MR) is 83.2 cm³/mol. The van der Waals surface area contributed by atoms with Crippen molar-refractivity contribution in [2.45, 2.75) is 19.9 Å². The summed E-state index contributed by atoms with van der Waals surface area (Å²) in [6, 6.07) is 6.23. The standard InChI is InChI=1S/C15H24ClN3/c1-3-7-17-12-13-5-4-6-14(16)15(13)19-10-8-18(2)9-11-19/h4-6,17H,3,7-12H2,1-2H3. The first-order valence-electron chi connectivity index (χ1n) is 7.14. The predicted octanol–water partition coefficient (Wildman–Crippen LogP) is 2.59. The van der Waals surface area contributed by atoms with Gasteiger partial charge in [-0.2, -0.15) is 0 Å². The summed E-state index contributed by atoms with van der Waals surface area (Å²) in [5, 5.41) is 4.35. The topological polar surface area (TPSA) is 18.5 Å². The summed E-state index contributed by atoms with van der Waals surface area (Å²) < 4.78 is 0. The van der Waals surface area contributed by atoms with Crippen molar-refractivity contribution >= 4 is 17.3 Å². The van der Waals surface area contributed by atoms with E-state index in [4.69, 9.17) is 11.6 Å². The molecule has 4 heteroatoms. The van der Waals surface area contributed by atoms with Crippen LogP contribution < -0.4 is 10.2 Å². The molecule has 1 aromatic carbocycles. The Labute approximate surface area is 121 Å². The van der Waals surface area contributed by atoms with Gasteiger partial charge in [-0.1, -0.05) is 30.7 Å². The Kier molecular flexibility index (Phi) is 5.49. The summed E-state index contributed by atoms with van der Waals surface area (Å²) in [5.41, 5.74) is 2.53. The fourth-order valence-corrected chi connectivity index (χ4v) is 2.80. The molecule has 1 heterocycles. The Balaban J connectivity index is 2.13. The number of benzene rings is 1. The fourth-order valence-electron chi connectivity index (χ4n) is 2.49. The zero-order valence-corrected chi connectivity index (χ0v) is 12.7. The molecule has 19 heavy (non-hydrogen) atoms. The third kappa shape index (κ3) is 3.85. The summed E-state index contributed by atoms with van der Waals surface area (Å²) >= 11 is 6.43. The first kappa shape index (κ1) is 14.6. The lowest BCUT2D eigenvalue weighted by Gasteiger charge is -2.35. The second-order valence-electron chi connectivity index (χ2n) is 5.21. The van der Waals surface area contributed by atoms with Gasteiger partial charge in [0, 0.05) is 32.7 Å². The van der Waals surface area contributed by atoms with Crippen molar-refractivity contribution in [3.8, 4) is 0 Å². The van der Waals surface area contributed by atoms with Crippen molar-refractivity contribution in [1.29, 1.82) is 0 Å². The van der Waals surface area contributed by atoms with Gasteiger partial charge in [0.1, 0.15) is 0 Å². The van der Waals surface area contributed by atoms with Crippen LogP contribution in [0.5, 0.6) is 0 Å². The smallest absolute Gasteiger partial charge is 0.0642 e. The minimum Gasteiger partial charge on any atom is -0.368 e. The molecule has 106 valence electrons. The molecule has 0 saturated carbocycles.